The quantitative estimate of drug-likeness (QED) is 0.545. The molecule has 1 aromatic carbocycles. The zero-order valence-corrected chi connectivity index (χ0v) is 14.3. The summed E-state index contributed by atoms with van der Waals surface area (Å²) in [6, 6.07) is 9.53. The molecule has 1 N–H and O–H groups in total. The summed E-state index contributed by atoms with van der Waals surface area (Å²) < 4.78 is 0. The van der Waals surface area contributed by atoms with Crippen LogP contribution in [-0.2, 0) is 5.41 Å². The lowest BCUT2D eigenvalue weighted by Gasteiger charge is -2.34. The Hall–Kier alpha value is -0.820. The molecule has 1 nitrogen and oxygen atoms in total. The second kappa shape index (κ2) is 7.98. The molecule has 1 fully saturated rings. The van der Waals surface area contributed by atoms with Gasteiger partial charge in [-0.3, -0.25) is 0 Å². The van der Waals surface area contributed by atoms with Crippen molar-refractivity contribution in [3.8, 4) is 0 Å². The first-order valence-electron chi connectivity index (χ1n) is 8.99. The maximum atomic E-state index is 3.71. The van der Waals surface area contributed by atoms with Gasteiger partial charge >= 0.3 is 0 Å². The van der Waals surface area contributed by atoms with Gasteiger partial charge in [0.05, 0.1) is 0 Å². The van der Waals surface area contributed by atoms with Crippen molar-refractivity contribution in [3.63, 3.8) is 0 Å². The summed E-state index contributed by atoms with van der Waals surface area (Å²) in [5, 5.41) is 3.71. The Kier molecular flexibility index (Phi) is 6.29. The van der Waals surface area contributed by atoms with Crippen LogP contribution in [0.1, 0.15) is 82.8 Å². The number of rotatable bonds is 6. The Morgan fingerprint density at radius 2 is 1.62 bits per heavy atom. The van der Waals surface area contributed by atoms with E-state index in [4.69, 9.17) is 0 Å². The van der Waals surface area contributed by atoms with Crippen molar-refractivity contribution in [3.05, 3.63) is 35.4 Å². The fourth-order valence-electron chi connectivity index (χ4n) is 3.70. The van der Waals surface area contributed by atoms with Crippen LogP contribution in [0, 0.1) is 0 Å². The second-order valence-electron chi connectivity index (χ2n) is 7.15. The average Bonchev–Trinajstić information content (AvgIpc) is 2.74. The van der Waals surface area contributed by atoms with Gasteiger partial charge in [-0.15, -0.1) is 0 Å². The highest BCUT2D eigenvalue weighted by molar-refractivity contribution is 5.31. The molecule has 0 aromatic heterocycles. The standard InChI is InChI=1S/C20H33N/c1-4-15-21-16-20(13-7-5-6-8-14-20)19-11-9-18(10-12-19)17(2)3/h9-12,17,21H,4-8,13-16H2,1-3H3. The van der Waals surface area contributed by atoms with E-state index in [-0.39, 0.29) is 0 Å². The molecule has 1 aliphatic carbocycles. The van der Waals surface area contributed by atoms with E-state index in [1.807, 2.05) is 0 Å². The van der Waals surface area contributed by atoms with E-state index in [1.54, 1.807) is 5.56 Å². The lowest BCUT2D eigenvalue weighted by atomic mass is 9.74. The monoisotopic (exact) mass is 287 g/mol. The van der Waals surface area contributed by atoms with Crippen LogP contribution in [-0.4, -0.2) is 13.1 Å². The number of hydrogen-bond acceptors (Lipinski definition) is 1. The smallest absolute Gasteiger partial charge is 0.00777 e. The first-order chi connectivity index (χ1) is 10.2. The van der Waals surface area contributed by atoms with Gasteiger partial charge in [-0.1, -0.05) is 70.7 Å². The van der Waals surface area contributed by atoms with Gasteiger partial charge in [0.1, 0.15) is 0 Å². The van der Waals surface area contributed by atoms with Crippen molar-refractivity contribution in [2.75, 3.05) is 13.1 Å². The van der Waals surface area contributed by atoms with Gasteiger partial charge < -0.3 is 5.32 Å². The summed E-state index contributed by atoms with van der Waals surface area (Å²) in [4.78, 5) is 0. The molecule has 0 unspecified atom stereocenters. The van der Waals surface area contributed by atoms with Crippen molar-refractivity contribution in [1.29, 1.82) is 0 Å². The van der Waals surface area contributed by atoms with E-state index >= 15 is 0 Å². The molecule has 1 aromatic rings. The van der Waals surface area contributed by atoms with Crippen LogP contribution >= 0.6 is 0 Å². The molecule has 0 atom stereocenters. The Morgan fingerprint density at radius 1 is 1.00 bits per heavy atom. The van der Waals surface area contributed by atoms with Crippen LogP contribution < -0.4 is 5.32 Å². The summed E-state index contributed by atoms with van der Waals surface area (Å²) in [6.07, 6.45) is 9.54. The number of benzene rings is 1. The van der Waals surface area contributed by atoms with E-state index in [0.29, 0.717) is 11.3 Å². The Bertz CT molecular complexity index is 396. The molecule has 0 spiro atoms. The normalized spacial score (nSPS) is 18.7. The van der Waals surface area contributed by atoms with E-state index in [1.165, 1.54) is 50.5 Å². The molecule has 0 bridgehead atoms. The summed E-state index contributed by atoms with van der Waals surface area (Å²) in [7, 11) is 0. The molecule has 1 heteroatoms. The van der Waals surface area contributed by atoms with E-state index in [2.05, 4.69) is 50.4 Å². The minimum Gasteiger partial charge on any atom is -0.316 e. The molecule has 1 saturated carbocycles. The van der Waals surface area contributed by atoms with Crippen molar-refractivity contribution in [2.24, 2.45) is 0 Å². The molecule has 0 heterocycles. The first-order valence-corrected chi connectivity index (χ1v) is 8.99. The molecule has 0 radical (unpaired) electrons. The van der Waals surface area contributed by atoms with Crippen molar-refractivity contribution in [2.45, 2.75) is 77.0 Å². The zero-order chi connectivity index (χ0) is 15.1. The van der Waals surface area contributed by atoms with Gasteiger partial charge in [0.2, 0.25) is 0 Å². The van der Waals surface area contributed by atoms with Gasteiger partial charge in [0.15, 0.2) is 0 Å². The van der Waals surface area contributed by atoms with Crippen LogP contribution in [0.3, 0.4) is 0 Å². The van der Waals surface area contributed by atoms with E-state index in [9.17, 15) is 0 Å². The lowest BCUT2D eigenvalue weighted by molar-refractivity contribution is 0.348. The third-order valence-corrected chi connectivity index (χ3v) is 5.14. The minimum absolute atomic E-state index is 0.376. The third kappa shape index (κ3) is 4.32. The molecule has 1 aliphatic rings. The predicted molar refractivity (Wildman–Crippen MR) is 93.1 cm³/mol. The maximum absolute atomic E-state index is 3.71. The van der Waals surface area contributed by atoms with Crippen LogP contribution in [0.5, 0.6) is 0 Å². The zero-order valence-electron chi connectivity index (χ0n) is 14.3. The molecule has 118 valence electrons. The number of hydrogen-bond donors (Lipinski definition) is 1. The number of nitrogens with one attached hydrogen (secondary N) is 1. The van der Waals surface area contributed by atoms with Gasteiger partial charge in [-0.2, -0.15) is 0 Å². The van der Waals surface area contributed by atoms with Gasteiger partial charge in [-0.25, -0.2) is 0 Å². The van der Waals surface area contributed by atoms with Gasteiger partial charge in [0.25, 0.3) is 0 Å². The minimum atomic E-state index is 0.376. The van der Waals surface area contributed by atoms with Crippen molar-refractivity contribution < 1.29 is 0 Å². The SMILES string of the molecule is CCCNCC1(c2ccc(C(C)C)cc2)CCCCCC1. The largest absolute Gasteiger partial charge is 0.316 e. The van der Waals surface area contributed by atoms with Crippen LogP contribution in [0.4, 0.5) is 0 Å². The Labute approximate surface area is 131 Å². The summed E-state index contributed by atoms with van der Waals surface area (Å²) in [5.41, 5.74) is 3.41. The Morgan fingerprint density at radius 3 is 2.14 bits per heavy atom. The highest BCUT2D eigenvalue weighted by atomic mass is 14.9. The molecule has 0 saturated heterocycles. The van der Waals surface area contributed by atoms with Crippen LogP contribution in [0.25, 0.3) is 0 Å². The highest BCUT2D eigenvalue weighted by Gasteiger charge is 2.32. The second-order valence-corrected chi connectivity index (χ2v) is 7.15. The van der Waals surface area contributed by atoms with Gasteiger partial charge in [-0.05, 0) is 42.9 Å². The molecule has 0 amide bonds. The Balaban J connectivity index is 2.20. The molecular formula is C20H33N. The third-order valence-electron chi connectivity index (χ3n) is 5.14. The first kappa shape index (κ1) is 16.5. The summed E-state index contributed by atoms with van der Waals surface area (Å²) in [5.74, 6) is 0.627. The molecule has 0 aliphatic heterocycles. The fourth-order valence-corrected chi connectivity index (χ4v) is 3.70. The molecular weight excluding hydrogens is 254 g/mol. The van der Waals surface area contributed by atoms with Crippen molar-refractivity contribution in [1.82, 2.24) is 5.32 Å². The van der Waals surface area contributed by atoms with Gasteiger partial charge in [0, 0.05) is 12.0 Å². The van der Waals surface area contributed by atoms with Crippen LogP contribution in [0.15, 0.2) is 24.3 Å². The lowest BCUT2D eigenvalue weighted by Crippen LogP contribution is -2.38. The van der Waals surface area contributed by atoms with E-state index in [0.717, 1.165) is 13.1 Å². The summed E-state index contributed by atoms with van der Waals surface area (Å²) >= 11 is 0. The average molecular weight is 287 g/mol. The fraction of sp³-hybridized carbons (Fsp3) is 0.700. The highest BCUT2D eigenvalue weighted by Crippen LogP contribution is 2.38. The predicted octanol–water partition coefficient (Wildman–Crippen LogP) is 5.40. The maximum Gasteiger partial charge on any atom is 0.00777 e. The molecule has 21 heavy (non-hydrogen) atoms. The van der Waals surface area contributed by atoms with Crippen LogP contribution in [0.2, 0.25) is 0 Å². The topological polar surface area (TPSA) is 12.0 Å². The summed E-state index contributed by atoms with van der Waals surface area (Å²) in [6.45, 7) is 9.11. The van der Waals surface area contributed by atoms with E-state index < -0.39 is 0 Å². The van der Waals surface area contributed by atoms with Crippen molar-refractivity contribution >= 4 is 0 Å². The molecule has 2 rings (SSSR count).